The van der Waals surface area contributed by atoms with Gasteiger partial charge in [0.05, 0.1) is 0 Å². The lowest BCUT2D eigenvalue weighted by atomic mass is 9.88. The van der Waals surface area contributed by atoms with Crippen LogP contribution in [0.2, 0.25) is 0 Å². The molecular formula is C17H27N3O4S. The van der Waals surface area contributed by atoms with Crippen molar-refractivity contribution in [2.24, 2.45) is 5.92 Å². The van der Waals surface area contributed by atoms with Crippen LogP contribution in [0.3, 0.4) is 0 Å². The van der Waals surface area contributed by atoms with E-state index in [0.29, 0.717) is 37.4 Å². The number of sulfonamides is 1. The maximum Gasteiger partial charge on any atom is 0.248 e. The Morgan fingerprint density at radius 2 is 1.76 bits per heavy atom. The van der Waals surface area contributed by atoms with Gasteiger partial charge in [-0.15, -0.1) is 0 Å². The third kappa shape index (κ3) is 3.89. The van der Waals surface area contributed by atoms with Gasteiger partial charge in [0.25, 0.3) is 0 Å². The summed E-state index contributed by atoms with van der Waals surface area (Å²) in [5.74, 6) is 0.606. The maximum atomic E-state index is 12.8. The predicted octanol–water partition coefficient (Wildman–Crippen LogP) is 2.14. The number of nitrogens with zero attached hydrogens (tertiary/aromatic N) is 2. The number of hydrogen-bond donors (Lipinski definition) is 1. The van der Waals surface area contributed by atoms with Gasteiger partial charge in [-0.1, -0.05) is 24.4 Å². The molecule has 1 amide bonds. The van der Waals surface area contributed by atoms with Crippen LogP contribution in [-0.4, -0.2) is 42.9 Å². The second-order valence-electron chi connectivity index (χ2n) is 7.18. The Labute approximate surface area is 149 Å². The molecule has 2 aliphatic rings. The van der Waals surface area contributed by atoms with Gasteiger partial charge in [-0.2, -0.15) is 4.31 Å². The molecule has 3 rings (SSSR count). The number of piperidine rings is 1. The molecule has 1 aromatic rings. The van der Waals surface area contributed by atoms with Crippen molar-refractivity contribution in [1.82, 2.24) is 14.8 Å². The van der Waals surface area contributed by atoms with Crippen LogP contribution in [0, 0.1) is 19.8 Å². The van der Waals surface area contributed by atoms with Gasteiger partial charge in [-0.3, -0.25) is 4.79 Å². The Balaban J connectivity index is 1.57. The highest BCUT2D eigenvalue weighted by atomic mass is 32.2. The minimum absolute atomic E-state index is 0.0607. The van der Waals surface area contributed by atoms with Crippen molar-refractivity contribution >= 4 is 15.9 Å². The molecule has 1 aromatic heterocycles. The Hall–Kier alpha value is -1.41. The zero-order valence-corrected chi connectivity index (χ0v) is 15.8. The van der Waals surface area contributed by atoms with Crippen LogP contribution < -0.4 is 5.32 Å². The summed E-state index contributed by atoms with van der Waals surface area (Å²) in [6, 6.07) is 0.0607. The van der Waals surface area contributed by atoms with Crippen LogP contribution in [0.25, 0.3) is 0 Å². The van der Waals surface area contributed by atoms with Crippen molar-refractivity contribution < 1.29 is 17.7 Å². The minimum Gasteiger partial charge on any atom is -0.360 e. The molecule has 0 aromatic carbocycles. The van der Waals surface area contributed by atoms with E-state index in [1.165, 1.54) is 10.7 Å². The zero-order valence-electron chi connectivity index (χ0n) is 15.0. The van der Waals surface area contributed by atoms with E-state index in [2.05, 4.69) is 10.5 Å². The van der Waals surface area contributed by atoms with Crippen LogP contribution in [-0.2, 0) is 14.8 Å². The molecule has 2 fully saturated rings. The highest BCUT2D eigenvalue weighted by Crippen LogP contribution is 2.27. The second kappa shape index (κ2) is 7.45. The standard InChI is InChI=1S/C17H27N3O4S/c1-12-16(13(2)24-19-12)25(22,23)20-10-8-15(9-11-20)18-17(21)14-6-4-3-5-7-14/h14-15H,3-11H2,1-2H3,(H,18,21). The van der Waals surface area contributed by atoms with E-state index in [4.69, 9.17) is 4.52 Å². The van der Waals surface area contributed by atoms with Gasteiger partial charge in [-0.25, -0.2) is 8.42 Å². The average molecular weight is 369 g/mol. The lowest BCUT2D eigenvalue weighted by Crippen LogP contribution is -2.48. The SMILES string of the molecule is Cc1noc(C)c1S(=O)(=O)N1CCC(NC(=O)C2CCCCC2)CC1. The van der Waals surface area contributed by atoms with Crippen LogP contribution in [0.4, 0.5) is 0 Å². The summed E-state index contributed by atoms with van der Waals surface area (Å²) in [5.41, 5.74) is 0.394. The molecule has 25 heavy (non-hydrogen) atoms. The largest absolute Gasteiger partial charge is 0.360 e. The molecule has 2 heterocycles. The summed E-state index contributed by atoms with van der Waals surface area (Å²) in [4.78, 5) is 12.5. The molecule has 8 heteroatoms. The predicted molar refractivity (Wildman–Crippen MR) is 92.5 cm³/mol. The molecule has 1 aliphatic carbocycles. The van der Waals surface area contributed by atoms with Gasteiger partial charge < -0.3 is 9.84 Å². The van der Waals surface area contributed by atoms with E-state index in [1.807, 2.05) is 0 Å². The monoisotopic (exact) mass is 369 g/mol. The molecule has 140 valence electrons. The van der Waals surface area contributed by atoms with Crippen molar-refractivity contribution in [3.8, 4) is 0 Å². The summed E-state index contributed by atoms with van der Waals surface area (Å²) in [5, 5.41) is 6.87. The molecule has 0 bridgehead atoms. The van der Waals surface area contributed by atoms with Crippen molar-refractivity contribution in [3.05, 3.63) is 11.5 Å². The Kier molecular flexibility index (Phi) is 5.48. The number of amides is 1. The highest BCUT2D eigenvalue weighted by molar-refractivity contribution is 7.89. The van der Waals surface area contributed by atoms with Crippen molar-refractivity contribution in [2.45, 2.75) is 69.7 Å². The second-order valence-corrected chi connectivity index (χ2v) is 9.05. The molecule has 1 N–H and O–H groups in total. The lowest BCUT2D eigenvalue weighted by Gasteiger charge is -2.32. The third-order valence-corrected chi connectivity index (χ3v) is 7.49. The summed E-state index contributed by atoms with van der Waals surface area (Å²) >= 11 is 0. The van der Waals surface area contributed by atoms with Gasteiger partial charge in [0.2, 0.25) is 15.9 Å². The fraction of sp³-hybridized carbons (Fsp3) is 0.765. The minimum atomic E-state index is -3.59. The van der Waals surface area contributed by atoms with Crippen LogP contribution >= 0.6 is 0 Å². The van der Waals surface area contributed by atoms with Gasteiger partial charge in [-0.05, 0) is 39.5 Å². The van der Waals surface area contributed by atoms with Gasteiger partial charge >= 0.3 is 0 Å². The summed E-state index contributed by atoms with van der Waals surface area (Å²) < 4.78 is 32.1. The first-order valence-electron chi connectivity index (χ1n) is 9.13. The number of nitrogens with one attached hydrogen (secondary N) is 1. The van der Waals surface area contributed by atoms with Crippen LogP contribution in [0.15, 0.2) is 9.42 Å². The number of hydrogen-bond acceptors (Lipinski definition) is 5. The topological polar surface area (TPSA) is 92.5 Å². The molecule has 0 spiro atoms. The van der Waals surface area contributed by atoms with Crippen molar-refractivity contribution in [1.29, 1.82) is 0 Å². The van der Waals surface area contributed by atoms with E-state index >= 15 is 0 Å². The molecule has 1 saturated carbocycles. The third-order valence-electron chi connectivity index (χ3n) is 5.34. The van der Waals surface area contributed by atoms with E-state index in [-0.39, 0.29) is 22.8 Å². The average Bonchev–Trinajstić information content (AvgIpc) is 2.95. The van der Waals surface area contributed by atoms with Crippen molar-refractivity contribution in [2.75, 3.05) is 13.1 Å². The van der Waals surface area contributed by atoms with Gasteiger partial charge in [0.1, 0.15) is 10.6 Å². The first-order chi connectivity index (χ1) is 11.9. The molecule has 7 nitrogen and oxygen atoms in total. The molecular weight excluding hydrogens is 342 g/mol. The van der Waals surface area contributed by atoms with E-state index in [0.717, 1.165) is 25.7 Å². The fourth-order valence-electron chi connectivity index (χ4n) is 3.90. The summed E-state index contributed by atoms with van der Waals surface area (Å²) in [7, 11) is -3.59. The first-order valence-corrected chi connectivity index (χ1v) is 10.6. The maximum absolute atomic E-state index is 12.8. The highest BCUT2D eigenvalue weighted by Gasteiger charge is 2.34. The number of aryl methyl sites for hydroxylation is 2. The van der Waals surface area contributed by atoms with E-state index in [1.54, 1.807) is 13.8 Å². The summed E-state index contributed by atoms with van der Waals surface area (Å²) in [6.45, 7) is 4.06. The Bertz CT molecular complexity index is 695. The number of carbonyl (C=O) groups is 1. The number of aromatic nitrogens is 1. The molecule has 0 unspecified atom stereocenters. The smallest absolute Gasteiger partial charge is 0.248 e. The van der Waals surface area contributed by atoms with Crippen molar-refractivity contribution in [3.63, 3.8) is 0 Å². The molecule has 0 radical (unpaired) electrons. The van der Waals surface area contributed by atoms with Crippen LogP contribution in [0.1, 0.15) is 56.4 Å². The molecule has 0 atom stereocenters. The van der Waals surface area contributed by atoms with E-state index < -0.39 is 10.0 Å². The zero-order chi connectivity index (χ0) is 18.0. The quantitative estimate of drug-likeness (QED) is 0.878. The van der Waals surface area contributed by atoms with Gasteiger partial charge in [0, 0.05) is 25.0 Å². The van der Waals surface area contributed by atoms with Crippen LogP contribution in [0.5, 0.6) is 0 Å². The lowest BCUT2D eigenvalue weighted by molar-refractivity contribution is -0.126. The Morgan fingerprint density at radius 3 is 2.32 bits per heavy atom. The Morgan fingerprint density at radius 1 is 1.12 bits per heavy atom. The summed E-state index contributed by atoms with van der Waals surface area (Å²) in [6.07, 6.45) is 6.72. The molecule has 1 aliphatic heterocycles. The van der Waals surface area contributed by atoms with E-state index in [9.17, 15) is 13.2 Å². The van der Waals surface area contributed by atoms with Gasteiger partial charge in [0.15, 0.2) is 5.76 Å². The molecule has 1 saturated heterocycles. The first kappa shape index (κ1) is 18.4. The normalized spacial score (nSPS) is 21.4. The number of carbonyl (C=O) groups excluding carboxylic acids is 1. The number of rotatable bonds is 4. The fourth-order valence-corrected chi connectivity index (χ4v) is 5.66.